The summed E-state index contributed by atoms with van der Waals surface area (Å²) in [4.78, 5) is 32.1. The minimum Gasteiger partial charge on any atom is -0.462 e. The molecule has 0 radical (unpaired) electrons. The Morgan fingerprint density at radius 1 is 1.16 bits per heavy atom. The fourth-order valence-corrected chi connectivity index (χ4v) is 4.60. The fraction of sp³-hybridized carbons (Fsp3) is 0.448. The number of amides is 1. The van der Waals surface area contributed by atoms with Gasteiger partial charge in [0.1, 0.15) is 0 Å². The molecule has 196 valence electrons. The summed E-state index contributed by atoms with van der Waals surface area (Å²) in [6.45, 7) is 12.4. The minimum absolute atomic E-state index is 0.0565. The molecule has 1 fully saturated rings. The van der Waals surface area contributed by atoms with Gasteiger partial charge in [-0.15, -0.1) is 0 Å². The highest BCUT2D eigenvalue weighted by atomic mass is 16.5. The molecule has 8 nitrogen and oxygen atoms in total. The summed E-state index contributed by atoms with van der Waals surface area (Å²) >= 11 is 0. The maximum Gasteiger partial charge on any atom is 0.338 e. The zero-order chi connectivity index (χ0) is 26.6. The number of ether oxygens (including phenoxy) is 1. The summed E-state index contributed by atoms with van der Waals surface area (Å²) in [7, 11) is 0. The fourth-order valence-electron chi connectivity index (χ4n) is 4.60. The molecule has 0 spiro atoms. The largest absolute Gasteiger partial charge is 0.462 e. The molecule has 1 amide bonds. The van der Waals surface area contributed by atoms with Crippen LogP contribution in [0, 0.1) is 12.8 Å². The van der Waals surface area contributed by atoms with E-state index in [2.05, 4.69) is 53.3 Å². The second-order valence-electron chi connectivity index (χ2n) is 10.6. The average Bonchev–Trinajstić information content (AvgIpc) is 3.33. The van der Waals surface area contributed by atoms with Crippen LogP contribution in [0.2, 0.25) is 0 Å². The van der Waals surface area contributed by atoms with E-state index in [1.807, 2.05) is 25.1 Å². The van der Waals surface area contributed by atoms with Crippen LogP contribution in [0.1, 0.15) is 67.9 Å². The lowest BCUT2D eigenvalue weighted by molar-refractivity contribution is -0.121. The zero-order valence-electron chi connectivity index (χ0n) is 22.3. The Kier molecular flexibility index (Phi) is 8.07. The number of aromatic nitrogens is 2. The zero-order valence-corrected chi connectivity index (χ0v) is 22.3. The number of nitrogens with one attached hydrogen (secondary N) is 1. The van der Waals surface area contributed by atoms with Crippen LogP contribution in [-0.4, -0.2) is 46.6 Å². The Hall–Kier alpha value is -3.52. The first-order valence-electron chi connectivity index (χ1n) is 12.9. The lowest BCUT2D eigenvalue weighted by Gasteiger charge is -2.31. The summed E-state index contributed by atoms with van der Waals surface area (Å²) in [5, 5.41) is 7.19. The number of likely N-dealkylation sites (tertiary alicyclic amines) is 1. The van der Waals surface area contributed by atoms with Gasteiger partial charge < -0.3 is 14.6 Å². The van der Waals surface area contributed by atoms with Crippen molar-refractivity contribution in [3.8, 4) is 11.4 Å². The molecule has 8 heteroatoms. The van der Waals surface area contributed by atoms with Crippen LogP contribution in [0.3, 0.4) is 0 Å². The third kappa shape index (κ3) is 6.43. The molecule has 0 aliphatic carbocycles. The molecule has 1 aromatic heterocycles. The van der Waals surface area contributed by atoms with E-state index in [-0.39, 0.29) is 23.2 Å². The molecule has 0 bridgehead atoms. The molecule has 1 N–H and O–H groups in total. The maximum absolute atomic E-state index is 13.1. The molecule has 1 aliphatic rings. The van der Waals surface area contributed by atoms with E-state index >= 15 is 0 Å². The Morgan fingerprint density at radius 3 is 2.62 bits per heavy atom. The van der Waals surface area contributed by atoms with Gasteiger partial charge in [-0.2, -0.15) is 4.98 Å². The summed E-state index contributed by atoms with van der Waals surface area (Å²) < 4.78 is 10.7. The van der Waals surface area contributed by atoms with Gasteiger partial charge in [0.05, 0.1) is 24.6 Å². The third-order valence-corrected chi connectivity index (χ3v) is 6.80. The van der Waals surface area contributed by atoms with E-state index in [0.29, 0.717) is 48.2 Å². The number of esters is 1. The quantitative estimate of drug-likeness (QED) is 0.432. The van der Waals surface area contributed by atoms with Crippen LogP contribution < -0.4 is 5.32 Å². The van der Waals surface area contributed by atoms with E-state index in [1.165, 1.54) is 5.56 Å². The molecule has 3 aromatic rings. The second-order valence-corrected chi connectivity index (χ2v) is 10.6. The molecule has 4 rings (SSSR count). The van der Waals surface area contributed by atoms with E-state index in [9.17, 15) is 9.59 Å². The van der Waals surface area contributed by atoms with Gasteiger partial charge >= 0.3 is 5.97 Å². The van der Waals surface area contributed by atoms with Gasteiger partial charge in [-0.1, -0.05) is 56.3 Å². The highest BCUT2D eigenvalue weighted by Crippen LogP contribution is 2.26. The van der Waals surface area contributed by atoms with Crippen molar-refractivity contribution < 1.29 is 18.8 Å². The summed E-state index contributed by atoms with van der Waals surface area (Å²) in [5.74, 6) is 0.488. The van der Waals surface area contributed by atoms with Crippen molar-refractivity contribution in [3.05, 3.63) is 65.0 Å². The third-order valence-electron chi connectivity index (χ3n) is 6.80. The Labute approximate surface area is 218 Å². The van der Waals surface area contributed by atoms with Gasteiger partial charge in [0.15, 0.2) is 0 Å². The van der Waals surface area contributed by atoms with Crippen molar-refractivity contribution in [2.45, 2.75) is 59.4 Å². The maximum atomic E-state index is 13.1. The Bertz CT molecular complexity index is 1240. The highest BCUT2D eigenvalue weighted by Gasteiger charge is 2.28. The normalized spacial score (nSPS) is 16.4. The Balaban J connectivity index is 1.37. The molecular weight excluding hydrogens is 468 g/mol. The summed E-state index contributed by atoms with van der Waals surface area (Å²) in [5.41, 5.74) is 4.05. The smallest absolute Gasteiger partial charge is 0.338 e. The van der Waals surface area contributed by atoms with Gasteiger partial charge in [-0.05, 0) is 61.9 Å². The molecule has 1 saturated heterocycles. The van der Waals surface area contributed by atoms with Crippen LogP contribution in [0.15, 0.2) is 47.0 Å². The standard InChI is InChI=1S/C29H36N4O4/c1-6-36-28(35)23-10-7-11-24(19(23)2)30-27(34)21-9-8-16-33(17-21)18-25-31-26(32-37-25)20-12-14-22(15-13-20)29(3,4)5/h7,10-15,21H,6,8-9,16-18H2,1-5H3,(H,30,34). The van der Waals surface area contributed by atoms with Crippen molar-refractivity contribution in [1.82, 2.24) is 15.0 Å². The topological polar surface area (TPSA) is 97.6 Å². The number of nitrogens with zero attached hydrogens (tertiary/aromatic N) is 3. The van der Waals surface area contributed by atoms with Gasteiger partial charge in [-0.25, -0.2) is 4.79 Å². The molecular formula is C29H36N4O4. The van der Waals surface area contributed by atoms with Gasteiger partial charge in [0, 0.05) is 17.8 Å². The summed E-state index contributed by atoms with van der Waals surface area (Å²) in [6, 6.07) is 13.5. The number of hydrogen-bond donors (Lipinski definition) is 1. The van der Waals surface area contributed by atoms with Crippen LogP contribution >= 0.6 is 0 Å². The predicted molar refractivity (Wildman–Crippen MR) is 142 cm³/mol. The highest BCUT2D eigenvalue weighted by molar-refractivity contribution is 5.97. The molecule has 37 heavy (non-hydrogen) atoms. The first-order chi connectivity index (χ1) is 17.7. The molecule has 2 heterocycles. The SMILES string of the molecule is CCOC(=O)c1cccc(NC(=O)C2CCCN(Cc3nc(-c4ccc(C(C)(C)C)cc4)no3)C2)c1C. The van der Waals surface area contributed by atoms with Gasteiger partial charge in [0.2, 0.25) is 17.6 Å². The second kappa shape index (κ2) is 11.3. The van der Waals surface area contributed by atoms with Gasteiger partial charge in [-0.3, -0.25) is 9.69 Å². The van der Waals surface area contributed by atoms with Crippen LogP contribution in [0.4, 0.5) is 5.69 Å². The Morgan fingerprint density at radius 2 is 1.92 bits per heavy atom. The monoisotopic (exact) mass is 504 g/mol. The first kappa shape index (κ1) is 26.5. The lowest BCUT2D eigenvalue weighted by atomic mass is 9.87. The molecule has 1 aliphatic heterocycles. The molecule has 2 aromatic carbocycles. The minimum atomic E-state index is -0.385. The van der Waals surface area contributed by atoms with E-state index in [0.717, 1.165) is 24.9 Å². The number of benzene rings is 2. The number of rotatable bonds is 7. The van der Waals surface area contributed by atoms with E-state index in [4.69, 9.17) is 9.26 Å². The predicted octanol–water partition coefficient (Wildman–Crippen LogP) is 5.37. The molecule has 1 atom stereocenters. The van der Waals surface area contributed by atoms with Crippen molar-refractivity contribution in [3.63, 3.8) is 0 Å². The van der Waals surface area contributed by atoms with E-state index < -0.39 is 0 Å². The van der Waals surface area contributed by atoms with Crippen LogP contribution in [0.25, 0.3) is 11.4 Å². The van der Waals surface area contributed by atoms with Crippen LogP contribution in [-0.2, 0) is 21.5 Å². The lowest BCUT2D eigenvalue weighted by Crippen LogP contribution is -2.40. The van der Waals surface area contributed by atoms with Crippen LogP contribution in [0.5, 0.6) is 0 Å². The average molecular weight is 505 g/mol. The van der Waals surface area contributed by atoms with Crippen molar-refractivity contribution in [2.24, 2.45) is 5.92 Å². The summed E-state index contributed by atoms with van der Waals surface area (Å²) in [6.07, 6.45) is 1.70. The molecule has 1 unspecified atom stereocenters. The number of carbonyl (C=O) groups is 2. The van der Waals surface area contributed by atoms with Crippen molar-refractivity contribution >= 4 is 17.6 Å². The van der Waals surface area contributed by atoms with Gasteiger partial charge in [0.25, 0.3) is 0 Å². The molecule has 0 saturated carbocycles. The number of carbonyl (C=O) groups excluding carboxylic acids is 2. The van der Waals surface area contributed by atoms with E-state index in [1.54, 1.807) is 19.1 Å². The number of piperidine rings is 1. The first-order valence-corrected chi connectivity index (χ1v) is 12.9. The van der Waals surface area contributed by atoms with Crippen molar-refractivity contribution in [2.75, 3.05) is 25.0 Å². The van der Waals surface area contributed by atoms with Crippen molar-refractivity contribution in [1.29, 1.82) is 0 Å². The number of hydrogen-bond acceptors (Lipinski definition) is 7. The number of anilines is 1.